The van der Waals surface area contributed by atoms with Crippen LogP contribution in [0.2, 0.25) is 0 Å². The van der Waals surface area contributed by atoms with Crippen molar-refractivity contribution in [3.63, 3.8) is 0 Å². The molecule has 0 aromatic heterocycles. The molecule has 1 aliphatic heterocycles. The van der Waals surface area contributed by atoms with Gasteiger partial charge in [0.2, 0.25) is 11.7 Å². The molecule has 0 spiro atoms. The summed E-state index contributed by atoms with van der Waals surface area (Å²) in [6.07, 6.45) is 8.70. The van der Waals surface area contributed by atoms with Crippen LogP contribution in [0.3, 0.4) is 0 Å². The number of carbonyl (C=O) groups is 2. The molecule has 0 saturated heterocycles. The van der Waals surface area contributed by atoms with Gasteiger partial charge in [-0.15, -0.1) is 6.58 Å². The van der Waals surface area contributed by atoms with E-state index in [1.54, 1.807) is 44.6 Å². The first-order chi connectivity index (χ1) is 30.7. The second kappa shape index (κ2) is 22.2. The van der Waals surface area contributed by atoms with E-state index in [1.165, 1.54) is 14.2 Å². The van der Waals surface area contributed by atoms with Crippen molar-refractivity contribution in [3.05, 3.63) is 96.1 Å². The Hall–Kier alpha value is -5.57. The SMILES string of the molecule is C=CCOC12Oc3ccc(OC(=O)Nc4ccc(OC)cc4OC)cc3C3C(CCCCO)C(CCCCO)C=C(C(=NOC)CC1N(CCC)C(=O)Cc1cccc(OC)c1)C32. The maximum absolute atomic E-state index is 14.8. The van der Waals surface area contributed by atoms with Gasteiger partial charge in [-0.3, -0.25) is 10.1 Å². The van der Waals surface area contributed by atoms with Crippen LogP contribution in [0.1, 0.15) is 75.3 Å². The molecule has 6 unspecified atom stereocenters. The van der Waals surface area contributed by atoms with Crippen molar-refractivity contribution in [2.45, 2.75) is 82.5 Å². The van der Waals surface area contributed by atoms with E-state index in [2.05, 4.69) is 23.1 Å². The fourth-order valence-electron chi connectivity index (χ4n) is 9.72. The van der Waals surface area contributed by atoms with Gasteiger partial charge in [0.05, 0.1) is 51.7 Å². The molecular weight excluding hydrogens is 807 g/mol. The second-order valence-electron chi connectivity index (χ2n) is 16.2. The average molecular weight is 870 g/mol. The number of ether oxygens (including phenoxy) is 6. The van der Waals surface area contributed by atoms with Gasteiger partial charge in [-0.1, -0.05) is 49.2 Å². The Morgan fingerprint density at radius 1 is 0.937 bits per heavy atom. The number of allylic oxidation sites excluding steroid dienone is 1. The van der Waals surface area contributed by atoms with Crippen LogP contribution in [0, 0.1) is 17.8 Å². The molecule has 3 aromatic rings. The number of methoxy groups -OCH3 is 3. The van der Waals surface area contributed by atoms with Crippen molar-refractivity contribution in [3.8, 4) is 28.7 Å². The van der Waals surface area contributed by atoms with Gasteiger partial charge in [-0.25, -0.2) is 4.79 Å². The number of fused-ring (bicyclic) bond motifs is 2. The number of rotatable bonds is 22. The van der Waals surface area contributed by atoms with Crippen LogP contribution < -0.4 is 29.0 Å². The Morgan fingerprint density at radius 3 is 2.38 bits per heavy atom. The Labute approximate surface area is 370 Å². The van der Waals surface area contributed by atoms with Crippen molar-refractivity contribution >= 4 is 23.4 Å². The van der Waals surface area contributed by atoms with Crippen molar-refractivity contribution < 1.29 is 53.1 Å². The molecule has 3 aromatic carbocycles. The normalized spacial score (nSPS) is 22.7. The molecule has 2 aliphatic carbocycles. The van der Waals surface area contributed by atoms with Gasteiger partial charge in [0.1, 0.15) is 41.9 Å². The summed E-state index contributed by atoms with van der Waals surface area (Å²) in [5.41, 5.74) is 3.64. The molecule has 3 aliphatic rings. The molecule has 2 amide bonds. The average Bonchev–Trinajstić information content (AvgIpc) is 3.29. The fraction of sp³-hybridized carbons (Fsp3) is 0.490. The highest BCUT2D eigenvalue weighted by molar-refractivity contribution is 6.03. The van der Waals surface area contributed by atoms with Gasteiger partial charge >= 0.3 is 6.09 Å². The monoisotopic (exact) mass is 869 g/mol. The Balaban J connectivity index is 1.51. The number of hydrogen-bond acceptors (Lipinski definition) is 12. The molecule has 6 rings (SSSR count). The topological polar surface area (TPSA) is 167 Å². The van der Waals surface area contributed by atoms with Crippen LogP contribution in [0.5, 0.6) is 28.7 Å². The summed E-state index contributed by atoms with van der Waals surface area (Å²) in [6, 6.07) is 17.3. The number of hydrogen-bond donors (Lipinski definition) is 3. The summed E-state index contributed by atoms with van der Waals surface area (Å²) in [5, 5.41) is 27.3. The molecule has 0 bridgehead atoms. The summed E-state index contributed by atoms with van der Waals surface area (Å²) in [6.45, 7) is 6.75. The lowest BCUT2D eigenvalue weighted by molar-refractivity contribution is -0.257. The number of amides is 2. The molecule has 63 heavy (non-hydrogen) atoms. The van der Waals surface area contributed by atoms with Gasteiger partial charge in [-0.2, -0.15) is 0 Å². The fourth-order valence-corrected chi connectivity index (χ4v) is 9.72. The third kappa shape index (κ3) is 10.5. The standard InChI is InChI=1S/C49H63N3O11/c1-7-22-52(45(55)27-32-14-13-16-34(26-32)57-3)44-31-41(51-60-6)38-28-33(15-9-11-23-53)37(17-10-12-24-54)46-39-29-36(19-21-42(39)63-49(44,47(38)46)61-25-8-2)62-48(56)50-40-20-18-35(58-4)30-43(40)59-5/h8,13-14,16,18-21,26,28-30,33,37,44,46-47,53-54H,2,7,9-12,15,17,22-25,27,31H2,1,3-6H3,(H,50,56). The lowest BCUT2D eigenvalue weighted by Crippen LogP contribution is -2.70. The summed E-state index contributed by atoms with van der Waals surface area (Å²) >= 11 is 0. The van der Waals surface area contributed by atoms with Crippen LogP contribution in [0.25, 0.3) is 0 Å². The summed E-state index contributed by atoms with van der Waals surface area (Å²) < 4.78 is 36.6. The van der Waals surface area contributed by atoms with Gasteiger partial charge in [-0.05, 0) is 97.5 Å². The quantitative estimate of drug-likeness (QED) is 0.0508. The van der Waals surface area contributed by atoms with E-state index in [0.29, 0.717) is 66.0 Å². The number of aliphatic hydroxyl groups is 2. The number of nitrogens with zero attached hydrogens (tertiary/aromatic N) is 2. The van der Waals surface area contributed by atoms with Crippen LogP contribution in [0.15, 0.2) is 90.1 Å². The van der Waals surface area contributed by atoms with E-state index in [9.17, 15) is 19.8 Å². The molecule has 3 N–H and O–H groups in total. The highest BCUT2D eigenvalue weighted by atomic mass is 16.7. The van der Waals surface area contributed by atoms with Gasteiger partial charge < -0.3 is 48.4 Å². The minimum absolute atomic E-state index is 0.0133. The summed E-state index contributed by atoms with van der Waals surface area (Å²) in [4.78, 5) is 35.8. The van der Waals surface area contributed by atoms with Crippen LogP contribution in [-0.4, -0.2) is 99.5 Å². The molecule has 340 valence electrons. The molecule has 6 atom stereocenters. The van der Waals surface area contributed by atoms with Crippen molar-refractivity contribution in [1.82, 2.24) is 4.90 Å². The van der Waals surface area contributed by atoms with E-state index >= 15 is 0 Å². The lowest BCUT2D eigenvalue weighted by atomic mass is 9.55. The zero-order valence-electron chi connectivity index (χ0n) is 37.2. The third-order valence-electron chi connectivity index (χ3n) is 12.4. The van der Waals surface area contributed by atoms with E-state index in [4.69, 9.17) is 33.3 Å². The number of anilines is 1. The van der Waals surface area contributed by atoms with Crippen LogP contribution in [0.4, 0.5) is 10.5 Å². The van der Waals surface area contributed by atoms with E-state index < -0.39 is 23.8 Å². The first-order valence-corrected chi connectivity index (χ1v) is 21.9. The first kappa shape index (κ1) is 46.9. The maximum atomic E-state index is 14.8. The smallest absolute Gasteiger partial charge is 0.417 e. The molecule has 0 radical (unpaired) electrons. The highest BCUT2D eigenvalue weighted by Crippen LogP contribution is 2.62. The summed E-state index contributed by atoms with van der Waals surface area (Å²) in [7, 11) is 6.18. The molecule has 14 heteroatoms. The number of nitrogens with one attached hydrogen (secondary N) is 1. The molecule has 1 saturated carbocycles. The van der Waals surface area contributed by atoms with Gasteiger partial charge in [0.15, 0.2) is 0 Å². The number of unbranched alkanes of at least 4 members (excludes halogenated alkanes) is 2. The Kier molecular flexibility index (Phi) is 16.5. The number of aliphatic hydroxyl groups excluding tert-OH is 2. The molecular formula is C49H63N3O11. The number of benzene rings is 3. The number of carbonyl (C=O) groups excluding carboxylic acids is 2. The third-order valence-corrected chi connectivity index (χ3v) is 12.4. The predicted molar refractivity (Wildman–Crippen MR) is 240 cm³/mol. The Morgan fingerprint density at radius 2 is 1.68 bits per heavy atom. The predicted octanol–water partition coefficient (Wildman–Crippen LogP) is 8.07. The Bertz CT molecular complexity index is 2110. The second-order valence-corrected chi connectivity index (χ2v) is 16.2. The minimum atomic E-state index is -1.42. The zero-order chi connectivity index (χ0) is 44.9. The molecule has 1 heterocycles. The van der Waals surface area contributed by atoms with Crippen LogP contribution >= 0.6 is 0 Å². The van der Waals surface area contributed by atoms with Gasteiger partial charge in [0.25, 0.3) is 0 Å². The molecule has 1 fully saturated rings. The lowest BCUT2D eigenvalue weighted by Gasteiger charge is -2.60. The van der Waals surface area contributed by atoms with Crippen molar-refractivity contribution in [2.75, 3.05) is 60.1 Å². The van der Waals surface area contributed by atoms with E-state index in [1.807, 2.05) is 48.2 Å². The minimum Gasteiger partial charge on any atom is -0.497 e. The largest absolute Gasteiger partial charge is 0.497 e. The van der Waals surface area contributed by atoms with E-state index in [0.717, 1.165) is 42.4 Å². The summed E-state index contributed by atoms with van der Waals surface area (Å²) in [5.74, 6) is 0.158. The van der Waals surface area contributed by atoms with Gasteiger partial charge in [0, 0.05) is 43.7 Å². The first-order valence-electron chi connectivity index (χ1n) is 21.9. The molecule has 14 nitrogen and oxygen atoms in total. The zero-order valence-corrected chi connectivity index (χ0v) is 37.2. The number of oxime groups is 1. The van der Waals surface area contributed by atoms with Crippen LogP contribution in [-0.2, 0) is 20.8 Å². The van der Waals surface area contributed by atoms with Crippen molar-refractivity contribution in [2.24, 2.45) is 22.9 Å². The van der Waals surface area contributed by atoms with Crippen molar-refractivity contribution in [1.29, 1.82) is 0 Å². The highest BCUT2D eigenvalue weighted by Gasteiger charge is 2.65. The maximum Gasteiger partial charge on any atom is 0.417 e. The van der Waals surface area contributed by atoms with E-state index in [-0.39, 0.29) is 56.3 Å².